The molecule has 0 saturated carbocycles. The van der Waals surface area contributed by atoms with Crippen LogP contribution < -0.4 is 5.32 Å². The fourth-order valence-electron chi connectivity index (χ4n) is 1.73. The Morgan fingerprint density at radius 2 is 2.06 bits per heavy atom. The molecule has 1 unspecified atom stereocenters. The van der Waals surface area contributed by atoms with E-state index in [2.05, 4.69) is 12.2 Å². The lowest BCUT2D eigenvalue weighted by atomic mass is 10.1. The van der Waals surface area contributed by atoms with Crippen molar-refractivity contribution in [2.45, 2.75) is 25.9 Å². The first-order valence-electron chi connectivity index (χ1n) is 5.75. The second-order valence-electron chi connectivity index (χ2n) is 4.16. The van der Waals surface area contributed by atoms with Gasteiger partial charge in [-0.15, -0.1) is 0 Å². The summed E-state index contributed by atoms with van der Waals surface area (Å²) < 4.78 is 5.31. The number of halogens is 1. The molecule has 2 aromatic rings. The third kappa shape index (κ3) is 3.62. The first-order valence-corrected chi connectivity index (χ1v) is 6.12. The van der Waals surface area contributed by atoms with Crippen LogP contribution in [-0.2, 0) is 13.0 Å². The van der Waals surface area contributed by atoms with E-state index in [4.69, 9.17) is 16.0 Å². The van der Waals surface area contributed by atoms with Gasteiger partial charge in [-0.05, 0) is 30.7 Å². The molecule has 1 N–H and O–H groups in total. The van der Waals surface area contributed by atoms with Crippen LogP contribution in [0.25, 0.3) is 0 Å². The van der Waals surface area contributed by atoms with E-state index in [0.717, 1.165) is 29.3 Å². The third-order valence-corrected chi connectivity index (χ3v) is 3.06. The lowest BCUT2D eigenvalue weighted by Crippen LogP contribution is -2.27. The summed E-state index contributed by atoms with van der Waals surface area (Å²) in [5.41, 5.74) is 1.13. The van der Waals surface area contributed by atoms with Crippen LogP contribution >= 0.6 is 11.6 Å². The standard InChI is InChI=1S/C14H16ClNO/c1-11(9-13-6-4-8-17-13)16-10-12-5-2-3-7-14(12)15/h2-8,11,16H,9-10H2,1H3. The Morgan fingerprint density at radius 3 is 2.76 bits per heavy atom. The molecule has 90 valence electrons. The predicted molar refractivity (Wildman–Crippen MR) is 70.2 cm³/mol. The Balaban J connectivity index is 1.84. The van der Waals surface area contributed by atoms with Crippen LogP contribution in [0.15, 0.2) is 47.1 Å². The first kappa shape index (κ1) is 12.2. The Hall–Kier alpha value is -1.25. The van der Waals surface area contributed by atoms with Crippen molar-refractivity contribution in [2.24, 2.45) is 0 Å². The number of furan rings is 1. The second kappa shape index (κ2) is 5.89. The fraction of sp³-hybridized carbons (Fsp3) is 0.286. The van der Waals surface area contributed by atoms with Gasteiger partial charge in [-0.3, -0.25) is 0 Å². The van der Waals surface area contributed by atoms with Crippen LogP contribution in [0.2, 0.25) is 5.02 Å². The Bertz CT molecular complexity index is 453. The van der Waals surface area contributed by atoms with Crippen LogP contribution in [0.4, 0.5) is 0 Å². The molecule has 2 nitrogen and oxygen atoms in total. The third-order valence-electron chi connectivity index (χ3n) is 2.69. The molecule has 0 aliphatic heterocycles. The van der Waals surface area contributed by atoms with E-state index in [-0.39, 0.29) is 0 Å². The average Bonchev–Trinajstić information content (AvgIpc) is 2.81. The highest BCUT2D eigenvalue weighted by molar-refractivity contribution is 6.31. The summed E-state index contributed by atoms with van der Waals surface area (Å²) >= 11 is 6.09. The largest absolute Gasteiger partial charge is 0.469 e. The molecular formula is C14H16ClNO. The van der Waals surface area contributed by atoms with Crippen molar-refractivity contribution in [1.82, 2.24) is 5.32 Å². The smallest absolute Gasteiger partial charge is 0.105 e. The van der Waals surface area contributed by atoms with Gasteiger partial charge in [0.15, 0.2) is 0 Å². The van der Waals surface area contributed by atoms with E-state index >= 15 is 0 Å². The highest BCUT2D eigenvalue weighted by Crippen LogP contribution is 2.14. The summed E-state index contributed by atoms with van der Waals surface area (Å²) in [5, 5.41) is 4.24. The maximum atomic E-state index is 6.09. The fourth-order valence-corrected chi connectivity index (χ4v) is 1.93. The van der Waals surface area contributed by atoms with E-state index in [0.29, 0.717) is 6.04 Å². The van der Waals surface area contributed by atoms with E-state index in [1.165, 1.54) is 0 Å². The molecule has 3 heteroatoms. The topological polar surface area (TPSA) is 25.2 Å². The normalized spacial score (nSPS) is 12.6. The Labute approximate surface area is 107 Å². The molecule has 1 heterocycles. The van der Waals surface area contributed by atoms with Gasteiger partial charge in [0.25, 0.3) is 0 Å². The van der Waals surface area contributed by atoms with Gasteiger partial charge < -0.3 is 9.73 Å². The molecule has 0 aliphatic carbocycles. The number of nitrogens with one attached hydrogen (secondary N) is 1. The molecule has 0 fully saturated rings. The van der Waals surface area contributed by atoms with Gasteiger partial charge in [0.05, 0.1) is 6.26 Å². The molecule has 0 aliphatic rings. The van der Waals surface area contributed by atoms with Crippen LogP contribution in [-0.4, -0.2) is 6.04 Å². The van der Waals surface area contributed by atoms with Crippen LogP contribution in [0.3, 0.4) is 0 Å². The minimum absolute atomic E-state index is 0.359. The molecule has 0 bridgehead atoms. The van der Waals surface area contributed by atoms with Gasteiger partial charge >= 0.3 is 0 Å². The van der Waals surface area contributed by atoms with Crippen LogP contribution in [0.1, 0.15) is 18.2 Å². The molecule has 0 radical (unpaired) electrons. The highest BCUT2D eigenvalue weighted by Gasteiger charge is 2.06. The van der Waals surface area contributed by atoms with Crippen molar-refractivity contribution in [3.63, 3.8) is 0 Å². The highest BCUT2D eigenvalue weighted by atomic mass is 35.5. The van der Waals surface area contributed by atoms with Gasteiger partial charge in [-0.1, -0.05) is 29.8 Å². The summed E-state index contributed by atoms with van der Waals surface area (Å²) in [6.45, 7) is 2.92. The zero-order chi connectivity index (χ0) is 12.1. The number of benzene rings is 1. The van der Waals surface area contributed by atoms with E-state index in [1.807, 2.05) is 36.4 Å². The van der Waals surface area contributed by atoms with Crippen molar-refractivity contribution in [2.75, 3.05) is 0 Å². The summed E-state index contributed by atoms with van der Waals surface area (Å²) in [6, 6.07) is 12.2. The molecule has 0 saturated heterocycles. The minimum Gasteiger partial charge on any atom is -0.469 e. The first-order chi connectivity index (χ1) is 8.25. The number of hydrogen-bond donors (Lipinski definition) is 1. The van der Waals surface area contributed by atoms with Gasteiger partial charge in [0.2, 0.25) is 0 Å². The van der Waals surface area contributed by atoms with Crippen molar-refractivity contribution in [1.29, 1.82) is 0 Å². The SMILES string of the molecule is CC(Cc1ccco1)NCc1ccccc1Cl. The second-order valence-corrected chi connectivity index (χ2v) is 4.56. The number of hydrogen-bond acceptors (Lipinski definition) is 2. The summed E-state index contributed by atoms with van der Waals surface area (Å²) in [7, 11) is 0. The Kier molecular flexibility index (Phi) is 4.24. The van der Waals surface area contributed by atoms with Gasteiger partial charge in [0.1, 0.15) is 5.76 Å². The molecule has 17 heavy (non-hydrogen) atoms. The van der Waals surface area contributed by atoms with Gasteiger partial charge in [-0.25, -0.2) is 0 Å². The maximum Gasteiger partial charge on any atom is 0.105 e. The summed E-state index contributed by atoms with van der Waals surface area (Å²) in [5.74, 6) is 1.00. The van der Waals surface area contributed by atoms with E-state index < -0.39 is 0 Å². The van der Waals surface area contributed by atoms with Crippen molar-refractivity contribution >= 4 is 11.6 Å². The Morgan fingerprint density at radius 1 is 1.24 bits per heavy atom. The van der Waals surface area contributed by atoms with Crippen molar-refractivity contribution in [3.8, 4) is 0 Å². The lowest BCUT2D eigenvalue weighted by Gasteiger charge is -2.13. The molecule has 1 atom stereocenters. The molecule has 1 aromatic carbocycles. The van der Waals surface area contributed by atoms with E-state index in [1.54, 1.807) is 6.26 Å². The monoisotopic (exact) mass is 249 g/mol. The van der Waals surface area contributed by atoms with Crippen molar-refractivity contribution in [3.05, 3.63) is 59.0 Å². The molecular weight excluding hydrogens is 234 g/mol. The van der Waals surface area contributed by atoms with Gasteiger partial charge in [-0.2, -0.15) is 0 Å². The lowest BCUT2D eigenvalue weighted by molar-refractivity contribution is 0.456. The maximum absolute atomic E-state index is 6.09. The zero-order valence-electron chi connectivity index (χ0n) is 9.82. The quantitative estimate of drug-likeness (QED) is 0.875. The molecule has 0 amide bonds. The van der Waals surface area contributed by atoms with Crippen LogP contribution in [0.5, 0.6) is 0 Å². The summed E-state index contributed by atoms with van der Waals surface area (Å²) in [6.07, 6.45) is 2.59. The molecule has 2 rings (SSSR count). The molecule has 0 spiro atoms. The zero-order valence-corrected chi connectivity index (χ0v) is 10.6. The van der Waals surface area contributed by atoms with Crippen molar-refractivity contribution < 1.29 is 4.42 Å². The predicted octanol–water partition coefficient (Wildman–Crippen LogP) is 3.65. The van der Waals surface area contributed by atoms with Gasteiger partial charge in [0, 0.05) is 24.0 Å². The minimum atomic E-state index is 0.359. The average molecular weight is 250 g/mol. The molecule has 1 aromatic heterocycles. The number of rotatable bonds is 5. The summed E-state index contributed by atoms with van der Waals surface area (Å²) in [4.78, 5) is 0. The van der Waals surface area contributed by atoms with E-state index in [9.17, 15) is 0 Å². The van der Waals surface area contributed by atoms with Crippen LogP contribution in [0, 0.1) is 0 Å².